The van der Waals surface area contributed by atoms with Crippen LogP contribution in [0.4, 0.5) is 0 Å². The fourth-order valence-electron chi connectivity index (χ4n) is 1.83. The molecular weight excluding hydrogens is 270 g/mol. The lowest BCUT2D eigenvalue weighted by atomic mass is 10.1. The maximum Gasteiger partial charge on any atom is 0.308 e. The van der Waals surface area contributed by atoms with Gasteiger partial charge in [0.15, 0.2) is 0 Å². The lowest BCUT2D eigenvalue weighted by molar-refractivity contribution is -0.140. The van der Waals surface area contributed by atoms with Gasteiger partial charge in [-0.2, -0.15) is 5.10 Å². The van der Waals surface area contributed by atoms with Crippen LogP contribution < -0.4 is 5.32 Å². The second kappa shape index (κ2) is 6.21. The number of aryl methyl sites for hydroxylation is 1. The third-order valence-corrected chi connectivity index (χ3v) is 3.20. The van der Waals surface area contributed by atoms with Crippen molar-refractivity contribution in [2.24, 2.45) is 5.92 Å². The Kier molecular flexibility index (Phi) is 4.37. The molecule has 2 N–H and O–H groups in total. The molecule has 0 saturated carbocycles. The van der Waals surface area contributed by atoms with Crippen LogP contribution >= 0.6 is 0 Å². The third-order valence-electron chi connectivity index (χ3n) is 3.20. The molecule has 21 heavy (non-hydrogen) atoms. The summed E-state index contributed by atoms with van der Waals surface area (Å²) in [7, 11) is 0. The monoisotopic (exact) mass is 287 g/mol. The van der Waals surface area contributed by atoms with E-state index in [4.69, 9.17) is 5.11 Å². The van der Waals surface area contributed by atoms with E-state index in [-0.39, 0.29) is 12.5 Å². The van der Waals surface area contributed by atoms with Gasteiger partial charge in [-0.05, 0) is 37.3 Å². The largest absolute Gasteiger partial charge is 0.481 e. The molecule has 6 heteroatoms. The zero-order chi connectivity index (χ0) is 15.4. The maximum atomic E-state index is 11.9. The standard InChI is InChI=1S/C15H17N3O3/c1-10(15(20)21)9-16-14(19)12-3-5-13(6-4-12)18-11(2)7-8-17-18/h3-8,10H,9H2,1-2H3,(H,16,19)(H,20,21). The SMILES string of the molecule is Cc1ccnn1-c1ccc(C(=O)NCC(C)C(=O)O)cc1. The van der Waals surface area contributed by atoms with E-state index in [1.807, 2.05) is 13.0 Å². The highest BCUT2D eigenvalue weighted by Gasteiger charge is 2.13. The van der Waals surface area contributed by atoms with E-state index in [1.54, 1.807) is 42.1 Å². The summed E-state index contributed by atoms with van der Waals surface area (Å²) >= 11 is 0. The average molecular weight is 287 g/mol. The summed E-state index contributed by atoms with van der Waals surface area (Å²) in [6.45, 7) is 3.60. The van der Waals surface area contributed by atoms with E-state index in [0.29, 0.717) is 5.56 Å². The van der Waals surface area contributed by atoms with Gasteiger partial charge in [-0.1, -0.05) is 6.92 Å². The lowest BCUT2D eigenvalue weighted by Gasteiger charge is -2.09. The van der Waals surface area contributed by atoms with E-state index in [9.17, 15) is 9.59 Å². The Hall–Kier alpha value is -2.63. The summed E-state index contributed by atoms with van der Waals surface area (Å²) in [5.74, 6) is -1.83. The van der Waals surface area contributed by atoms with Crippen molar-refractivity contribution in [1.82, 2.24) is 15.1 Å². The van der Waals surface area contributed by atoms with Gasteiger partial charge in [0.1, 0.15) is 0 Å². The van der Waals surface area contributed by atoms with Crippen LogP contribution in [0.15, 0.2) is 36.5 Å². The number of nitrogens with one attached hydrogen (secondary N) is 1. The molecule has 110 valence electrons. The number of carboxylic acid groups (broad SMARTS) is 1. The maximum absolute atomic E-state index is 11.9. The van der Waals surface area contributed by atoms with Gasteiger partial charge in [0.05, 0.1) is 11.6 Å². The molecule has 0 bridgehead atoms. The molecule has 1 unspecified atom stereocenters. The highest BCUT2D eigenvalue weighted by atomic mass is 16.4. The van der Waals surface area contributed by atoms with Crippen LogP contribution in [0.3, 0.4) is 0 Å². The van der Waals surface area contributed by atoms with Gasteiger partial charge in [-0.15, -0.1) is 0 Å². The Balaban J connectivity index is 2.04. The summed E-state index contributed by atoms with van der Waals surface area (Å²) in [4.78, 5) is 22.6. The number of hydrogen-bond donors (Lipinski definition) is 2. The van der Waals surface area contributed by atoms with Crippen LogP contribution in [0.1, 0.15) is 23.0 Å². The van der Waals surface area contributed by atoms with E-state index in [0.717, 1.165) is 11.4 Å². The van der Waals surface area contributed by atoms with Crippen LogP contribution in [0, 0.1) is 12.8 Å². The molecule has 2 aromatic rings. The zero-order valence-corrected chi connectivity index (χ0v) is 11.9. The third kappa shape index (κ3) is 3.47. The Morgan fingerprint density at radius 2 is 1.95 bits per heavy atom. The Morgan fingerprint density at radius 1 is 1.29 bits per heavy atom. The summed E-state index contributed by atoms with van der Waals surface area (Å²) in [6.07, 6.45) is 1.71. The zero-order valence-electron chi connectivity index (χ0n) is 11.9. The molecule has 1 amide bonds. The molecule has 1 aromatic carbocycles. The van der Waals surface area contributed by atoms with Crippen molar-refractivity contribution in [3.05, 3.63) is 47.8 Å². The number of carbonyl (C=O) groups is 2. The molecule has 0 aliphatic heterocycles. The molecule has 1 atom stereocenters. The van der Waals surface area contributed by atoms with Crippen molar-refractivity contribution in [3.8, 4) is 5.69 Å². The van der Waals surface area contributed by atoms with E-state index < -0.39 is 11.9 Å². The van der Waals surface area contributed by atoms with Gasteiger partial charge < -0.3 is 10.4 Å². The highest BCUT2D eigenvalue weighted by Crippen LogP contribution is 2.11. The first kappa shape index (κ1) is 14.8. The van der Waals surface area contributed by atoms with E-state index in [1.165, 1.54) is 0 Å². The van der Waals surface area contributed by atoms with Gasteiger partial charge in [0.2, 0.25) is 0 Å². The number of aromatic nitrogens is 2. The minimum absolute atomic E-state index is 0.105. The van der Waals surface area contributed by atoms with Gasteiger partial charge in [-0.25, -0.2) is 4.68 Å². The minimum atomic E-state index is -0.931. The summed E-state index contributed by atoms with van der Waals surface area (Å²) in [5.41, 5.74) is 2.36. The molecule has 0 aliphatic rings. The molecule has 6 nitrogen and oxygen atoms in total. The average Bonchev–Trinajstić information content (AvgIpc) is 2.90. The fourth-order valence-corrected chi connectivity index (χ4v) is 1.83. The van der Waals surface area contributed by atoms with Gasteiger partial charge in [0.25, 0.3) is 5.91 Å². The number of hydrogen-bond acceptors (Lipinski definition) is 3. The Morgan fingerprint density at radius 3 is 2.48 bits per heavy atom. The van der Waals surface area contributed by atoms with Crippen molar-refractivity contribution < 1.29 is 14.7 Å². The Bertz CT molecular complexity index is 646. The van der Waals surface area contributed by atoms with Crippen molar-refractivity contribution >= 4 is 11.9 Å². The van der Waals surface area contributed by atoms with Crippen LogP contribution in [0.2, 0.25) is 0 Å². The van der Waals surface area contributed by atoms with Crippen molar-refractivity contribution in [2.45, 2.75) is 13.8 Å². The molecule has 2 rings (SSSR count). The van der Waals surface area contributed by atoms with Crippen LogP contribution in [0.25, 0.3) is 5.69 Å². The number of amides is 1. The van der Waals surface area contributed by atoms with Crippen LogP contribution in [-0.4, -0.2) is 33.3 Å². The number of carboxylic acids is 1. The molecular formula is C15H17N3O3. The summed E-state index contributed by atoms with van der Waals surface area (Å²) < 4.78 is 1.77. The van der Waals surface area contributed by atoms with E-state index in [2.05, 4.69) is 10.4 Å². The lowest BCUT2D eigenvalue weighted by Crippen LogP contribution is -2.31. The first-order valence-electron chi connectivity index (χ1n) is 6.61. The summed E-state index contributed by atoms with van der Waals surface area (Å²) in [5, 5.41) is 15.6. The fraction of sp³-hybridized carbons (Fsp3) is 0.267. The topological polar surface area (TPSA) is 84.2 Å². The number of benzene rings is 1. The molecule has 1 aromatic heterocycles. The number of rotatable bonds is 5. The van der Waals surface area contributed by atoms with Gasteiger partial charge >= 0.3 is 5.97 Å². The molecule has 0 spiro atoms. The van der Waals surface area contributed by atoms with E-state index >= 15 is 0 Å². The predicted molar refractivity (Wildman–Crippen MR) is 77.4 cm³/mol. The smallest absolute Gasteiger partial charge is 0.308 e. The van der Waals surface area contributed by atoms with Gasteiger partial charge in [0, 0.05) is 24.0 Å². The van der Waals surface area contributed by atoms with Crippen LogP contribution in [0.5, 0.6) is 0 Å². The number of carbonyl (C=O) groups excluding carboxylic acids is 1. The number of aliphatic carboxylic acids is 1. The van der Waals surface area contributed by atoms with Crippen molar-refractivity contribution in [2.75, 3.05) is 6.54 Å². The quantitative estimate of drug-likeness (QED) is 0.875. The first-order valence-corrected chi connectivity index (χ1v) is 6.61. The second-order valence-electron chi connectivity index (χ2n) is 4.88. The molecule has 0 saturated heterocycles. The van der Waals surface area contributed by atoms with Gasteiger partial charge in [-0.3, -0.25) is 9.59 Å². The Labute approximate surface area is 122 Å². The van der Waals surface area contributed by atoms with Crippen molar-refractivity contribution in [1.29, 1.82) is 0 Å². The van der Waals surface area contributed by atoms with Crippen LogP contribution in [-0.2, 0) is 4.79 Å². The molecule has 0 aliphatic carbocycles. The first-order chi connectivity index (χ1) is 9.99. The second-order valence-corrected chi connectivity index (χ2v) is 4.88. The van der Waals surface area contributed by atoms with Crippen molar-refractivity contribution in [3.63, 3.8) is 0 Å². The minimum Gasteiger partial charge on any atom is -0.481 e. The molecule has 0 radical (unpaired) electrons. The molecule has 0 fully saturated rings. The predicted octanol–water partition coefficient (Wildman–Crippen LogP) is 1.63. The normalized spacial score (nSPS) is 11.9. The summed E-state index contributed by atoms with van der Waals surface area (Å²) in [6, 6.07) is 8.88. The molecule has 1 heterocycles. The number of nitrogens with zero attached hydrogens (tertiary/aromatic N) is 2. The highest BCUT2D eigenvalue weighted by molar-refractivity contribution is 5.94.